The quantitative estimate of drug-likeness (QED) is 0.586. The minimum Gasteiger partial charge on any atom is -0.497 e. The Labute approximate surface area is 163 Å². The van der Waals surface area contributed by atoms with Crippen LogP contribution in [0.1, 0.15) is 12.5 Å². The summed E-state index contributed by atoms with van der Waals surface area (Å²) in [7, 11) is 3.45. The van der Waals surface area contributed by atoms with Crippen LogP contribution in [0.4, 0.5) is 0 Å². The number of nitrogens with zero attached hydrogens (tertiary/aromatic N) is 4. The number of methoxy groups -OCH3 is 1. The second-order valence-electron chi connectivity index (χ2n) is 6.12. The number of ether oxygens (including phenoxy) is 1. The van der Waals surface area contributed by atoms with Crippen molar-refractivity contribution in [1.82, 2.24) is 19.7 Å². The third-order valence-corrected chi connectivity index (χ3v) is 5.16. The number of benzene rings is 2. The van der Waals surface area contributed by atoms with E-state index in [0.29, 0.717) is 11.7 Å². The molecule has 140 valence electrons. The first-order chi connectivity index (χ1) is 13.1. The van der Waals surface area contributed by atoms with Crippen molar-refractivity contribution in [2.24, 2.45) is 0 Å². The molecule has 0 aliphatic heterocycles. The molecule has 1 unspecified atom stereocenters. The van der Waals surface area contributed by atoms with Gasteiger partial charge < -0.3 is 9.64 Å². The lowest BCUT2D eigenvalue weighted by Crippen LogP contribution is -2.32. The number of hydrogen-bond donors (Lipinski definition) is 0. The number of carbonyl (C=O) groups excluding carboxylic acids is 1. The first kappa shape index (κ1) is 19.0. The smallest absolute Gasteiger partial charge is 0.235 e. The van der Waals surface area contributed by atoms with Gasteiger partial charge >= 0.3 is 0 Å². The molecule has 27 heavy (non-hydrogen) atoms. The first-order valence-corrected chi connectivity index (χ1v) is 9.46. The van der Waals surface area contributed by atoms with E-state index in [2.05, 4.69) is 10.2 Å². The van der Waals surface area contributed by atoms with E-state index in [1.54, 1.807) is 18.3 Å². The predicted octanol–water partition coefficient (Wildman–Crippen LogP) is 3.42. The minimum atomic E-state index is -0.285. The Balaban J connectivity index is 1.70. The average Bonchev–Trinajstić information content (AvgIpc) is 3.16. The molecule has 0 saturated heterocycles. The van der Waals surface area contributed by atoms with Crippen molar-refractivity contribution in [2.45, 2.75) is 23.9 Å². The van der Waals surface area contributed by atoms with E-state index in [1.807, 2.05) is 73.1 Å². The third kappa shape index (κ3) is 4.68. The topological polar surface area (TPSA) is 60.2 Å². The Morgan fingerprint density at radius 1 is 1.22 bits per heavy atom. The average molecular weight is 382 g/mol. The molecule has 0 bridgehead atoms. The maximum Gasteiger partial charge on any atom is 0.235 e. The van der Waals surface area contributed by atoms with Gasteiger partial charge in [0.15, 0.2) is 5.16 Å². The van der Waals surface area contributed by atoms with Crippen molar-refractivity contribution in [3.8, 4) is 11.4 Å². The number of rotatable bonds is 7. The summed E-state index contributed by atoms with van der Waals surface area (Å²) in [5.41, 5.74) is 1.99. The van der Waals surface area contributed by atoms with Crippen LogP contribution in [0.3, 0.4) is 0 Å². The van der Waals surface area contributed by atoms with Gasteiger partial charge in [0.25, 0.3) is 0 Å². The minimum absolute atomic E-state index is 0.0454. The molecule has 3 rings (SSSR count). The molecule has 1 heterocycles. The van der Waals surface area contributed by atoms with Crippen molar-refractivity contribution in [3.63, 3.8) is 0 Å². The highest BCUT2D eigenvalue weighted by Crippen LogP contribution is 2.26. The molecular weight excluding hydrogens is 360 g/mol. The Hall–Kier alpha value is -2.80. The molecule has 1 atom stereocenters. The second-order valence-corrected chi connectivity index (χ2v) is 7.43. The van der Waals surface area contributed by atoms with Crippen molar-refractivity contribution in [2.75, 3.05) is 14.2 Å². The SMILES string of the molecule is COc1cccc(-n2cnnc2SC(C)C(=O)N(C)Cc2ccccc2)c1. The summed E-state index contributed by atoms with van der Waals surface area (Å²) in [5.74, 6) is 0.799. The number of carbonyl (C=O) groups is 1. The molecule has 0 spiro atoms. The molecule has 1 aromatic heterocycles. The fourth-order valence-electron chi connectivity index (χ4n) is 2.70. The number of aromatic nitrogens is 3. The van der Waals surface area contributed by atoms with E-state index in [1.165, 1.54) is 11.8 Å². The fourth-order valence-corrected chi connectivity index (χ4v) is 3.65. The molecule has 6 nitrogen and oxygen atoms in total. The van der Waals surface area contributed by atoms with Crippen LogP contribution in [0, 0.1) is 0 Å². The monoisotopic (exact) mass is 382 g/mol. The Morgan fingerprint density at radius 2 is 2.00 bits per heavy atom. The van der Waals surface area contributed by atoms with Crippen LogP contribution in [-0.2, 0) is 11.3 Å². The van der Waals surface area contributed by atoms with Crippen molar-refractivity contribution < 1.29 is 9.53 Å². The molecule has 1 amide bonds. The van der Waals surface area contributed by atoms with Gasteiger partial charge in [-0.3, -0.25) is 9.36 Å². The van der Waals surface area contributed by atoms with Gasteiger partial charge in [-0.1, -0.05) is 48.2 Å². The van der Waals surface area contributed by atoms with Crippen LogP contribution in [0.2, 0.25) is 0 Å². The zero-order valence-electron chi connectivity index (χ0n) is 15.6. The molecule has 2 aromatic carbocycles. The highest BCUT2D eigenvalue weighted by atomic mass is 32.2. The summed E-state index contributed by atoms with van der Waals surface area (Å²) in [6, 6.07) is 17.6. The standard InChI is InChI=1S/C20H22N4O2S/c1-15(19(25)23(2)13-16-8-5-4-6-9-16)27-20-22-21-14-24(20)17-10-7-11-18(12-17)26-3/h4-12,14-15H,13H2,1-3H3. The number of thioether (sulfide) groups is 1. The summed E-state index contributed by atoms with van der Waals surface area (Å²) in [6.07, 6.45) is 1.64. The largest absolute Gasteiger partial charge is 0.497 e. The van der Waals surface area contributed by atoms with Gasteiger partial charge in [-0.2, -0.15) is 0 Å². The van der Waals surface area contributed by atoms with Gasteiger partial charge in [0.2, 0.25) is 5.91 Å². The summed E-state index contributed by atoms with van der Waals surface area (Å²) in [5, 5.41) is 8.56. The predicted molar refractivity (Wildman–Crippen MR) is 106 cm³/mol. The van der Waals surface area contributed by atoms with E-state index < -0.39 is 0 Å². The maximum absolute atomic E-state index is 12.7. The summed E-state index contributed by atoms with van der Waals surface area (Å²) in [4.78, 5) is 14.5. The van der Waals surface area contributed by atoms with Crippen LogP contribution >= 0.6 is 11.8 Å². The zero-order valence-corrected chi connectivity index (χ0v) is 16.4. The fraction of sp³-hybridized carbons (Fsp3) is 0.250. The van der Waals surface area contributed by atoms with Crippen LogP contribution < -0.4 is 4.74 Å². The highest BCUT2D eigenvalue weighted by molar-refractivity contribution is 8.00. The lowest BCUT2D eigenvalue weighted by atomic mass is 10.2. The molecule has 0 radical (unpaired) electrons. The van der Waals surface area contributed by atoms with Gasteiger partial charge in [-0.25, -0.2) is 0 Å². The van der Waals surface area contributed by atoms with Crippen LogP contribution in [0.5, 0.6) is 5.75 Å². The maximum atomic E-state index is 12.7. The lowest BCUT2D eigenvalue weighted by Gasteiger charge is -2.21. The number of hydrogen-bond acceptors (Lipinski definition) is 5. The highest BCUT2D eigenvalue weighted by Gasteiger charge is 2.21. The normalized spacial score (nSPS) is 11.8. The molecule has 0 aliphatic rings. The van der Waals surface area contributed by atoms with E-state index in [0.717, 1.165) is 17.0 Å². The van der Waals surface area contributed by atoms with Crippen molar-refractivity contribution in [3.05, 3.63) is 66.5 Å². The Kier molecular flexibility index (Phi) is 6.13. The van der Waals surface area contributed by atoms with Gasteiger partial charge in [0, 0.05) is 19.7 Å². The first-order valence-electron chi connectivity index (χ1n) is 8.58. The van der Waals surface area contributed by atoms with Gasteiger partial charge in [-0.05, 0) is 24.6 Å². The lowest BCUT2D eigenvalue weighted by molar-refractivity contribution is -0.129. The van der Waals surface area contributed by atoms with E-state index >= 15 is 0 Å². The van der Waals surface area contributed by atoms with E-state index in [4.69, 9.17) is 4.74 Å². The third-order valence-electron chi connectivity index (χ3n) is 4.12. The van der Waals surface area contributed by atoms with Crippen LogP contribution in [-0.4, -0.2) is 45.0 Å². The molecule has 0 N–H and O–H groups in total. The van der Waals surface area contributed by atoms with E-state index in [9.17, 15) is 4.79 Å². The molecule has 0 aliphatic carbocycles. The molecule has 3 aromatic rings. The summed E-state index contributed by atoms with van der Waals surface area (Å²) in [6.45, 7) is 2.46. The van der Waals surface area contributed by atoms with E-state index in [-0.39, 0.29) is 11.2 Å². The Bertz CT molecular complexity index is 898. The molecular formula is C20H22N4O2S. The number of amides is 1. The van der Waals surface area contributed by atoms with Gasteiger partial charge in [0.1, 0.15) is 12.1 Å². The molecule has 7 heteroatoms. The van der Waals surface area contributed by atoms with Crippen molar-refractivity contribution >= 4 is 17.7 Å². The summed E-state index contributed by atoms with van der Waals surface area (Å²) >= 11 is 1.39. The second kappa shape index (κ2) is 8.73. The van der Waals surface area contributed by atoms with Crippen LogP contribution in [0.25, 0.3) is 5.69 Å². The molecule has 0 fully saturated rings. The van der Waals surface area contributed by atoms with Gasteiger partial charge in [0.05, 0.1) is 18.0 Å². The molecule has 0 saturated carbocycles. The van der Waals surface area contributed by atoms with Crippen molar-refractivity contribution in [1.29, 1.82) is 0 Å². The van der Waals surface area contributed by atoms with Crippen LogP contribution in [0.15, 0.2) is 66.1 Å². The Morgan fingerprint density at radius 3 is 2.74 bits per heavy atom. The van der Waals surface area contributed by atoms with Gasteiger partial charge in [-0.15, -0.1) is 10.2 Å². The summed E-state index contributed by atoms with van der Waals surface area (Å²) < 4.78 is 7.13. The zero-order chi connectivity index (χ0) is 19.2.